The maximum Gasteiger partial charge on any atom is 0.387 e. The molecule has 1 aliphatic rings. The van der Waals surface area contributed by atoms with Crippen LogP contribution in [-0.2, 0) is 0 Å². The second-order valence-corrected chi connectivity index (χ2v) is 4.75. The average molecular weight is 294 g/mol. The van der Waals surface area contributed by atoms with Crippen molar-refractivity contribution in [2.75, 3.05) is 5.32 Å². The molecule has 1 aliphatic carbocycles. The first-order valence-corrected chi connectivity index (χ1v) is 6.44. The number of carbonyl (C=O) groups is 1. The number of nitrogens with one attached hydrogen (secondary N) is 1. The Bertz CT molecular complexity index is 636. The highest BCUT2D eigenvalue weighted by molar-refractivity contribution is 6.02. The minimum atomic E-state index is -2.87. The Morgan fingerprint density at radius 2 is 2.05 bits per heavy atom. The van der Waals surface area contributed by atoms with Crippen LogP contribution in [-0.4, -0.2) is 17.7 Å². The molecule has 0 radical (unpaired) electrons. The number of aromatic nitrogens is 1. The number of hydrogen-bond donors (Lipinski definition) is 1. The first-order valence-electron chi connectivity index (χ1n) is 6.44. The van der Waals surface area contributed by atoms with E-state index in [4.69, 9.17) is 4.52 Å². The van der Waals surface area contributed by atoms with Gasteiger partial charge in [-0.1, -0.05) is 5.16 Å². The van der Waals surface area contributed by atoms with Crippen molar-refractivity contribution in [3.05, 3.63) is 41.8 Å². The molecule has 0 bridgehead atoms. The molecule has 0 spiro atoms. The Morgan fingerprint density at radius 3 is 2.67 bits per heavy atom. The number of carbonyl (C=O) groups excluding carboxylic acids is 1. The standard InChI is InChI=1S/C14H12F2N2O3/c15-14(16)20-10-5-3-9(4-6-10)17-13(19)11-7-12(21-18-11)8-1-2-8/h3-8,14H,1-2H2,(H,17,19). The normalized spacial score (nSPS) is 14.2. The number of rotatable bonds is 5. The Balaban J connectivity index is 1.63. The largest absolute Gasteiger partial charge is 0.435 e. The van der Waals surface area contributed by atoms with Gasteiger partial charge in [0.2, 0.25) is 0 Å². The van der Waals surface area contributed by atoms with Crippen LogP contribution in [0.5, 0.6) is 5.75 Å². The van der Waals surface area contributed by atoms with Crippen molar-refractivity contribution in [2.24, 2.45) is 0 Å². The van der Waals surface area contributed by atoms with Gasteiger partial charge in [-0.3, -0.25) is 4.79 Å². The summed E-state index contributed by atoms with van der Waals surface area (Å²) in [6.45, 7) is -2.87. The van der Waals surface area contributed by atoms with Crippen molar-refractivity contribution >= 4 is 11.6 Å². The molecule has 2 aromatic rings. The van der Waals surface area contributed by atoms with Crippen LogP contribution in [0.1, 0.15) is 35.0 Å². The predicted octanol–water partition coefficient (Wildman–Crippen LogP) is 3.41. The van der Waals surface area contributed by atoms with Crippen LogP contribution in [0.2, 0.25) is 0 Å². The molecule has 1 aromatic carbocycles. The van der Waals surface area contributed by atoms with Gasteiger partial charge >= 0.3 is 6.61 Å². The van der Waals surface area contributed by atoms with E-state index >= 15 is 0 Å². The maximum atomic E-state index is 12.0. The summed E-state index contributed by atoms with van der Waals surface area (Å²) in [5.74, 6) is 0.722. The Labute approximate surface area is 118 Å². The number of benzene rings is 1. The number of hydrogen-bond acceptors (Lipinski definition) is 4. The van der Waals surface area contributed by atoms with E-state index in [0.717, 1.165) is 18.6 Å². The number of alkyl halides is 2. The van der Waals surface area contributed by atoms with Crippen LogP contribution in [0.25, 0.3) is 0 Å². The minimum Gasteiger partial charge on any atom is -0.435 e. The van der Waals surface area contributed by atoms with E-state index in [1.165, 1.54) is 24.3 Å². The maximum absolute atomic E-state index is 12.0. The third-order valence-corrected chi connectivity index (χ3v) is 3.08. The van der Waals surface area contributed by atoms with Gasteiger partial charge in [0.25, 0.3) is 5.91 Å². The van der Waals surface area contributed by atoms with Crippen LogP contribution in [0, 0.1) is 0 Å². The second kappa shape index (κ2) is 5.51. The fourth-order valence-corrected chi connectivity index (χ4v) is 1.87. The average Bonchev–Trinajstić information content (AvgIpc) is 3.18. The summed E-state index contributed by atoms with van der Waals surface area (Å²) >= 11 is 0. The number of ether oxygens (including phenoxy) is 1. The van der Waals surface area contributed by atoms with Crippen molar-refractivity contribution in [3.63, 3.8) is 0 Å². The van der Waals surface area contributed by atoms with Gasteiger partial charge < -0.3 is 14.6 Å². The first kappa shape index (κ1) is 13.5. The summed E-state index contributed by atoms with van der Waals surface area (Å²) in [6.07, 6.45) is 2.11. The topological polar surface area (TPSA) is 64.4 Å². The molecular weight excluding hydrogens is 282 g/mol. The molecule has 1 saturated carbocycles. The summed E-state index contributed by atoms with van der Waals surface area (Å²) in [5, 5.41) is 6.33. The van der Waals surface area contributed by atoms with E-state index in [-0.39, 0.29) is 11.4 Å². The zero-order valence-corrected chi connectivity index (χ0v) is 10.9. The third kappa shape index (κ3) is 3.36. The van der Waals surface area contributed by atoms with E-state index in [2.05, 4.69) is 15.2 Å². The SMILES string of the molecule is O=C(Nc1ccc(OC(F)F)cc1)c1cc(C2CC2)on1. The zero-order chi connectivity index (χ0) is 14.8. The van der Waals surface area contributed by atoms with Crippen molar-refractivity contribution in [1.29, 1.82) is 0 Å². The van der Waals surface area contributed by atoms with Crippen LogP contribution in [0.15, 0.2) is 34.9 Å². The molecule has 0 aliphatic heterocycles. The van der Waals surface area contributed by atoms with Crippen molar-refractivity contribution in [3.8, 4) is 5.75 Å². The van der Waals surface area contributed by atoms with E-state index in [1.54, 1.807) is 6.07 Å². The molecular formula is C14H12F2N2O3. The number of amides is 1. The molecule has 1 N–H and O–H groups in total. The molecule has 0 saturated heterocycles. The molecule has 110 valence electrons. The second-order valence-electron chi connectivity index (χ2n) is 4.75. The molecule has 5 nitrogen and oxygen atoms in total. The van der Waals surface area contributed by atoms with Gasteiger partial charge in [0, 0.05) is 17.7 Å². The Kier molecular flexibility index (Phi) is 3.55. The Morgan fingerprint density at radius 1 is 1.33 bits per heavy atom. The van der Waals surface area contributed by atoms with Crippen molar-refractivity contribution < 1.29 is 22.8 Å². The smallest absolute Gasteiger partial charge is 0.387 e. The van der Waals surface area contributed by atoms with Crippen LogP contribution in [0.4, 0.5) is 14.5 Å². The van der Waals surface area contributed by atoms with Gasteiger partial charge in [0.1, 0.15) is 11.5 Å². The van der Waals surface area contributed by atoms with E-state index in [1.807, 2.05) is 0 Å². The van der Waals surface area contributed by atoms with E-state index in [0.29, 0.717) is 11.6 Å². The van der Waals surface area contributed by atoms with Gasteiger partial charge in [0.05, 0.1) is 0 Å². The fourth-order valence-electron chi connectivity index (χ4n) is 1.87. The number of nitrogens with zero attached hydrogens (tertiary/aromatic N) is 1. The summed E-state index contributed by atoms with van der Waals surface area (Å²) < 4.78 is 33.3. The lowest BCUT2D eigenvalue weighted by atomic mass is 10.2. The highest BCUT2D eigenvalue weighted by Crippen LogP contribution is 2.40. The molecule has 1 aromatic heterocycles. The predicted molar refractivity (Wildman–Crippen MR) is 69.5 cm³/mol. The number of halogens is 2. The van der Waals surface area contributed by atoms with Gasteiger partial charge in [-0.25, -0.2) is 0 Å². The van der Waals surface area contributed by atoms with E-state index in [9.17, 15) is 13.6 Å². The van der Waals surface area contributed by atoms with Gasteiger partial charge in [-0.05, 0) is 37.1 Å². The molecule has 1 fully saturated rings. The van der Waals surface area contributed by atoms with Gasteiger partial charge in [0.15, 0.2) is 5.69 Å². The molecule has 7 heteroatoms. The van der Waals surface area contributed by atoms with Gasteiger partial charge in [-0.15, -0.1) is 0 Å². The molecule has 21 heavy (non-hydrogen) atoms. The lowest BCUT2D eigenvalue weighted by Crippen LogP contribution is -2.12. The third-order valence-electron chi connectivity index (χ3n) is 3.08. The fraction of sp³-hybridized carbons (Fsp3) is 0.286. The lowest BCUT2D eigenvalue weighted by Gasteiger charge is -2.06. The summed E-state index contributed by atoms with van der Waals surface area (Å²) in [6, 6.07) is 7.26. The van der Waals surface area contributed by atoms with Crippen molar-refractivity contribution in [1.82, 2.24) is 5.16 Å². The monoisotopic (exact) mass is 294 g/mol. The van der Waals surface area contributed by atoms with Crippen LogP contribution in [0.3, 0.4) is 0 Å². The summed E-state index contributed by atoms with van der Waals surface area (Å²) in [4.78, 5) is 11.9. The summed E-state index contributed by atoms with van der Waals surface area (Å²) in [5.41, 5.74) is 0.655. The van der Waals surface area contributed by atoms with Gasteiger partial charge in [-0.2, -0.15) is 8.78 Å². The number of anilines is 1. The quantitative estimate of drug-likeness (QED) is 0.917. The Hall–Kier alpha value is -2.44. The minimum absolute atomic E-state index is 0.0282. The first-order chi connectivity index (χ1) is 10.1. The zero-order valence-electron chi connectivity index (χ0n) is 10.9. The van der Waals surface area contributed by atoms with Crippen LogP contribution >= 0.6 is 0 Å². The van der Waals surface area contributed by atoms with Crippen LogP contribution < -0.4 is 10.1 Å². The van der Waals surface area contributed by atoms with Crippen molar-refractivity contribution in [2.45, 2.75) is 25.4 Å². The molecule has 0 atom stereocenters. The summed E-state index contributed by atoms with van der Waals surface area (Å²) in [7, 11) is 0. The molecule has 1 amide bonds. The molecule has 1 heterocycles. The molecule has 0 unspecified atom stereocenters. The lowest BCUT2D eigenvalue weighted by molar-refractivity contribution is -0.0498. The van der Waals surface area contributed by atoms with E-state index < -0.39 is 12.5 Å². The molecule has 3 rings (SSSR count). The highest BCUT2D eigenvalue weighted by atomic mass is 19.3. The highest BCUT2D eigenvalue weighted by Gasteiger charge is 2.28.